The average Bonchev–Trinajstić information content (AvgIpc) is 3.17. The number of nitrogens with one attached hydrogen (secondary N) is 2. The molecule has 0 fully saturated rings. The zero-order chi connectivity index (χ0) is 18.8. The number of thiocarbonyl (C=S) groups is 1. The highest BCUT2D eigenvalue weighted by Gasteiger charge is 2.32. The van der Waals surface area contributed by atoms with Crippen LogP contribution in [0.15, 0.2) is 54.9 Å². The lowest BCUT2D eigenvalue weighted by Gasteiger charge is -2.37. The molecule has 1 aromatic heterocycles. The topological polar surface area (TPSA) is 53.2 Å². The van der Waals surface area contributed by atoms with Gasteiger partial charge in [-0.25, -0.2) is 9.37 Å². The van der Waals surface area contributed by atoms with Crippen LogP contribution in [0.1, 0.15) is 23.0 Å². The molecule has 4 rings (SSSR count). The summed E-state index contributed by atoms with van der Waals surface area (Å²) in [5.41, 5.74) is 3.84. The van der Waals surface area contributed by atoms with Crippen molar-refractivity contribution < 1.29 is 9.13 Å². The minimum Gasteiger partial charge on any atom is -0.497 e. The Balaban J connectivity index is 1.63. The van der Waals surface area contributed by atoms with Crippen LogP contribution in [0.4, 0.5) is 10.1 Å². The quantitative estimate of drug-likeness (QED) is 0.673. The van der Waals surface area contributed by atoms with E-state index in [1.807, 2.05) is 24.3 Å². The Morgan fingerprint density at radius 1 is 1.22 bits per heavy atom. The van der Waals surface area contributed by atoms with Crippen LogP contribution in [-0.2, 0) is 6.42 Å². The van der Waals surface area contributed by atoms with Crippen molar-refractivity contribution in [1.82, 2.24) is 14.9 Å². The predicted octanol–water partition coefficient (Wildman–Crippen LogP) is 3.90. The molecule has 27 heavy (non-hydrogen) atoms. The average molecular weight is 382 g/mol. The molecule has 0 saturated heterocycles. The first-order chi connectivity index (χ1) is 13.2. The molecular formula is C20H19FN4OS. The third kappa shape index (κ3) is 3.50. The SMILES string of the molecule is COc1ccc(NC(=S)N2CCc3[nH]cnc3[C@@H]2c2ccc(F)cc2)cc1. The third-order valence-corrected chi connectivity index (χ3v) is 5.05. The number of H-pyrrole nitrogens is 1. The number of fused-ring (bicyclic) bond motifs is 1. The molecule has 5 nitrogen and oxygen atoms in total. The van der Waals surface area contributed by atoms with Crippen molar-refractivity contribution in [2.24, 2.45) is 0 Å². The largest absolute Gasteiger partial charge is 0.497 e. The molecule has 0 aliphatic carbocycles. The molecule has 0 radical (unpaired) electrons. The second-order valence-corrected chi connectivity index (χ2v) is 6.71. The summed E-state index contributed by atoms with van der Waals surface area (Å²) in [4.78, 5) is 9.80. The molecule has 1 atom stereocenters. The maximum absolute atomic E-state index is 13.4. The van der Waals surface area contributed by atoms with E-state index in [0.29, 0.717) is 5.11 Å². The second kappa shape index (κ2) is 7.36. The van der Waals surface area contributed by atoms with Gasteiger partial charge in [0, 0.05) is 24.3 Å². The monoisotopic (exact) mass is 382 g/mol. The van der Waals surface area contributed by atoms with Gasteiger partial charge in [0.2, 0.25) is 0 Å². The van der Waals surface area contributed by atoms with Gasteiger partial charge in [-0.05, 0) is 54.2 Å². The number of hydrogen-bond donors (Lipinski definition) is 2. The van der Waals surface area contributed by atoms with Crippen molar-refractivity contribution in [2.75, 3.05) is 19.0 Å². The van der Waals surface area contributed by atoms with Crippen LogP contribution in [0.2, 0.25) is 0 Å². The lowest BCUT2D eigenvalue weighted by atomic mass is 9.96. The lowest BCUT2D eigenvalue weighted by Crippen LogP contribution is -2.43. The molecule has 3 aromatic rings. The molecule has 2 aromatic carbocycles. The molecule has 0 amide bonds. The summed E-state index contributed by atoms with van der Waals surface area (Å²) in [6, 6.07) is 13.9. The number of benzene rings is 2. The number of nitrogens with zero attached hydrogens (tertiary/aromatic N) is 2. The normalized spacial score (nSPS) is 15.9. The predicted molar refractivity (Wildman–Crippen MR) is 106 cm³/mol. The maximum Gasteiger partial charge on any atom is 0.174 e. The van der Waals surface area contributed by atoms with Gasteiger partial charge >= 0.3 is 0 Å². The lowest BCUT2D eigenvalue weighted by molar-refractivity contribution is 0.336. The third-order valence-electron chi connectivity index (χ3n) is 4.71. The number of aromatic amines is 1. The van der Waals surface area contributed by atoms with Crippen molar-refractivity contribution in [2.45, 2.75) is 12.5 Å². The van der Waals surface area contributed by atoms with E-state index >= 15 is 0 Å². The van der Waals surface area contributed by atoms with Crippen molar-refractivity contribution in [3.63, 3.8) is 0 Å². The standard InChI is InChI=1S/C20H19FN4OS/c1-26-16-8-6-15(7-9-16)24-20(27)25-11-10-17-18(23-12-22-17)19(25)13-2-4-14(21)5-3-13/h2-9,12,19H,10-11H2,1H3,(H,22,23)(H,24,27)/t19-/m0/s1. The van der Waals surface area contributed by atoms with Crippen LogP contribution in [-0.4, -0.2) is 33.6 Å². The van der Waals surface area contributed by atoms with Gasteiger partial charge in [-0.2, -0.15) is 0 Å². The van der Waals surface area contributed by atoms with Crippen LogP contribution in [0, 0.1) is 5.82 Å². The van der Waals surface area contributed by atoms with Crippen LogP contribution in [0.3, 0.4) is 0 Å². The summed E-state index contributed by atoms with van der Waals surface area (Å²) in [6.07, 6.45) is 2.52. The fourth-order valence-electron chi connectivity index (χ4n) is 3.35. The molecule has 1 aliphatic rings. The molecule has 0 spiro atoms. The maximum atomic E-state index is 13.4. The fraction of sp³-hybridized carbons (Fsp3) is 0.200. The Morgan fingerprint density at radius 2 is 1.96 bits per heavy atom. The minimum absolute atomic E-state index is 0.168. The zero-order valence-corrected chi connectivity index (χ0v) is 15.6. The number of halogens is 1. The molecule has 2 heterocycles. The Kier molecular flexibility index (Phi) is 4.77. The summed E-state index contributed by atoms with van der Waals surface area (Å²) in [7, 11) is 1.63. The van der Waals surface area contributed by atoms with Gasteiger partial charge in [-0.15, -0.1) is 0 Å². The van der Waals surface area contributed by atoms with E-state index in [1.165, 1.54) is 12.1 Å². The summed E-state index contributed by atoms with van der Waals surface area (Å²) in [5, 5.41) is 3.89. The van der Waals surface area contributed by atoms with E-state index in [4.69, 9.17) is 17.0 Å². The Labute approximate surface area is 162 Å². The fourth-order valence-corrected chi connectivity index (χ4v) is 3.66. The Bertz CT molecular complexity index is 939. The van der Waals surface area contributed by atoms with Crippen molar-refractivity contribution in [3.05, 3.63) is 77.6 Å². The van der Waals surface area contributed by atoms with E-state index in [2.05, 4.69) is 20.2 Å². The molecule has 0 bridgehead atoms. The van der Waals surface area contributed by atoms with Crippen LogP contribution < -0.4 is 10.1 Å². The Morgan fingerprint density at radius 3 is 2.67 bits per heavy atom. The number of rotatable bonds is 3. The van der Waals surface area contributed by atoms with E-state index in [9.17, 15) is 4.39 Å². The molecule has 7 heteroatoms. The number of anilines is 1. The summed E-state index contributed by atoms with van der Waals surface area (Å²) >= 11 is 5.69. The van der Waals surface area contributed by atoms with Gasteiger partial charge in [0.15, 0.2) is 5.11 Å². The number of methoxy groups -OCH3 is 1. The number of hydrogen-bond acceptors (Lipinski definition) is 3. The molecule has 0 unspecified atom stereocenters. The zero-order valence-electron chi connectivity index (χ0n) is 14.8. The highest BCUT2D eigenvalue weighted by Crippen LogP contribution is 2.34. The van der Waals surface area contributed by atoms with Crippen LogP contribution in [0.5, 0.6) is 5.75 Å². The van der Waals surface area contributed by atoms with Crippen molar-refractivity contribution >= 4 is 23.0 Å². The summed E-state index contributed by atoms with van der Waals surface area (Å²) < 4.78 is 18.6. The van der Waals surface area contributed by atoms with E-state index < -0.39 is 0 Å². The summed E-state index contributed by atoms with van der Waals surface area (Å²) in [5.74, 6) is 0.525. The molecule has 2 N–H and O–H groups in total. The number of imidazole rings is 1. The van der Waals surface area contributed by atoms with Gasteiger partial charge in [-0.1, -0.05) is 12.1 Å². The van der Waals surface area contributed by atoms with Gasteiger partial charge in [-0.3, -0.25) is 0 Å². The molecule has 138 valence electrons. The van der Waals surface area contributed by atoms with Gasteiger partial charge in [0.1, 0.15) is 17.6 Å². The highest BCUT2D eigenvalue weighted by atomic mass is 32.1. The molecular weight excluding hydrogens is 363 g/mol. The Hall–Kier alpha value is -2.93. The first-order valence-electron chi connectivity index (χ1n) is 8.65. The van der Waals surface area contributed by atoms with E-state index in [-0.39, 0.29) is 11.9 Å². The first kappa shape index (κ1) is 17.5. The smallest absolute Gasteiger partial charge is 0.174 e. The number of aromatic nitrogens is 2. The van der Waals surface area contributed by atoms with Gasteiger partial charge < -0.3 is 19.9 Å². The van der Waals surface area contributed by atoms with E-state index in [1.54, 1.807) is 25.6 Å². The van der Waals surface area contributed by atoms with Crippen LogP contribution in [0.25, 0.3) is 0 Å². The highest BCUT2D eigenvalue weighted by molar-refractivity contribution is 7.80. The second-order valence-electron chi connectivity index (χ2n) is 6.32. The summed E-state index contributed by atoms with van der Waals surface area (Å²) in [6.45, 7) is 0.735. The van der Waals surface area contributed by atoms with Crippen LogP contribution >= 0.6 is 12.2 Å². The first-order valence-corrected chi connectivity index (χ1v) is 9.06. The van der Waals surface area contributed by atoms with Crippen molar-refractivity contribution in [1.29, 1.82) is 0 Å². The molecule has 1 aliphatic heterocycles. The minimum atomic E-state index is -0.262. The van der Waals surface area contributed by atoms with Gasteiger partial charge in [0.05, 0.1) is 19.1 Å². The van der Waals surface area contributed by atoms with Gasteiger partial charge in [0.25, 0.3) is 0 Å². The van der Waals surface area contributed by atoms with Crippen molar-refractivity contribution in [3.8, 4) is 5.75 Å². The van der Waals surface area contributed by atoms with E-state index in [0.717, 1.165) is 41.4 Å². The number of ether oxygens (including phenoxy) is 1. The molecule has 0 saturated carbocycles.